The smallest absolute Gasteiger partial charge is 0.319 e. The molecule has 3 heterocycles. The van der Waals surface area contributed by atoms with Gasteiger partial charge in [-0.05, 0) is 74.5 Å². The first-order valence-electron chi connectivity index (χ1n) is 11.0. The highest BCUT2D eigenvalue weighted by molar-refractivity contribution is 7.11. The number of nitrogens with one attached hydrogen (secondary N) is 2. The van der Waals surface area contributed by atoms with Gasteiger partial charge in [0.15, 0.2) is 0 Å². The average molecular weight is 478 g/mol. The number of hydrogen-bond acceptors (Lipinski definition) is 7. The molecule has 2 aromatic rings. The van der Waals surface area contributed by atoms with E-state index in [1.165, 1.54) is 6.07 Å². The van der Waals surface area contributed by atoms with Crippen molar-refractivity contribution >= 4 is 28.5 Å². The lowest BCUT2D eigenvalue weighted by Gasteiger charge is -2.28. The standard InChI is InChI=1S/C22H28FN5O4S/c1-28-7-3-13(4-8-28)2-6-25-22(30)26-21-18(19(24)29)20(27-33-21)32-12-14-10-16(23)15-5-9-31-17(15)11-14/h10-11,13H,2-9,12H2,1H3,(H2,24,29)(H2,25,26,30). The third-order valence-electron chi connectivity index (χ3n) is 6.01. The number of ether oxygens (including phenoxy) is 2. The second-order valence-electron chi connectivity index (χ2n) is 8.41. The molecule has 0 unspecified atom stereocenters. The molecule has 1 aromatic carbocycles. The third kappa shape index (κ3) is 5.72. The Balaban J connectivity index is 1.32. The predicted octanol–water partition coefficient (Wildman–Crippen LogP) is 2.75. The minimum absolute atomic E-state index is 0.00375. The molecule has 0 bridgehead atoms. The minimum atomic E-state index is -0.774. The predicted molar refractivity (Wildman–Crippen MR) is 122 cm³/mol. The number of carbonyl (C=O) groups excluding carboxylic acids is 2. The van der Waals surface area contributed by atoms with Crippen LogP contribution in [0.1, 0.15) is 40.7 Å². The zero-order valence-corrected chi connectivity index (χ0v) is 19.3. The zero-order chi connectivity index (χ0) is 23.4. The number of nitrogens with two attached hydrogens (primary N) is 1. The molecule has 1 fully saturated rings. The van der Waals surface area contributed by atoms with Crippen LogP contribution in [-0.4, -0.2) is 54.5 Å². The van der Waals surface area contributed by atoms with Crippen molar-refractivity contribution in [2.24, 2.45) is 11.7 Å². The number of nitrogens with zero attached hydrogens (tertiary/aromatic N) is 2. The number of primary amides is 1. The molecule has 0 aliphatic carbocycles. The van der Waals surface area contributed by atoms with Gasteiger partial charge in [0.2, 0.25) is 5.88 Å². The molecule has 4 rings (SSSR count). The SMILES string of the molecule is CN1CCC(CCNC(=O)Nc2snc(OCc3cc(F)c4c(c3)OCC4)c2C(N)=O)CC1. The Morgan fingerprint density at radius 2 is 2.15 bits per heavy atom. The number of amides is 3. The van der Waals surface area contributed by atoms with Gasteiger partial charge in [0.05, 0.1) is 6.61 Å². The quantitative estimate of drug-likeness (QED) is 0.538. The summed E-state index contributed by atoms with van der Waals surface area (Å²) in [5.41, 5.74) is 6.59. The Bertz CT molecular complexity index is 1020. The van der Waals surface area contributed by atoms with Crippen LogP contribution in [0.3, 0.4) is 0 Å². The summed E-state index contributed by atoms with van der Waals surface area (Å²) >= 11 is 0.901. The third-order valence-corrected chi connectivity index (χ3v) is 6.76. The Morgan fingerprint density at radius 1 is 1.36 bits per heavy atom. The van der Waals surface area contributed by atoms with E-state index < -0.39 is 11.9 Å². The van der Waals surface area contributed by atoms with Crippen molar-refractivity contribution < 1.29 is 23.5 Å². The summed E-state index contributed by atoms with van der Waals surface area (Å²) in [7, 11) is 2.11. The Labute approximate surface area is 195 Å². The average Bonchev–Trinajstić information content (AvgIpc) is 3.41. The molecular weight excluding hydrogens is 449 g/mol. The molecule has 2 aliphatic rings. The van der Waals surface area contributed by atoms with E-state index in [2.05, 4.69) is 27.0 Å². The maximum atomic E-state index is 14.2. The van der Waals surface area contributed by atoms with Crippen LogP contribution in [0.2, 0.25) is 0 Å². The Hall–Kier alpha value is -2.92. The van der Waals surface area contributed by atoms with Crippen molar-refractivity contribution in [2.45, 2.75) is 32.3 Å². The van der Waals surface area contributed by atoms with Gasteiger partial charge in [0, 0.05) is 18.5 Å². The van der Waals surface area contributed by atoms with Crippen LogP contribution in [0.25, 0.3) is 0 Å². The van der Waals surface area contributed by atoms with Gasteiger partial charge in [-0.15, -0.1) is 0 Å². The molecule has 33 heavy (non-hydrogen) atoms. The Morgan fingerprint density at radius 3 is 2.91 bits per heavy atom. The number of hydrogen-bond donors (Lipinski definition) is 3. The number of urea groups is 1. The molecule has 0 atom stereocenters. The first-order valence-corrected chi connectivity index (χ1v) is 11.8. The molecule has 3 amide bonds. The lowest BCUT2D eigenvalue weighted by Crippen LogP contribution is -2.34. The number of carbonyl (C=O) groups is 2. The van der Waals surface area contributed by atoms with E-state index in [4.69, 9.17) is 15.2 Å². The van der Waals surface area contributed by atoms with Crippen LogP contribution >= 0.6 is 11.5 Å². The van der Waals surface area contributed by atoms with Crippen molar-refractivity contribution in [3.05, 3.63) is 34.6 Å². The fourth-order valence-corrected chi connectivity index (χ4v) is 4.83. The molecule has 0 saturated carbocycles. The lowest BCUT2D eigenvalue weighted by molar-refractivity contribution is 0.0996. The highest BCUT2D eigenvalue weighted by Crippen LogP contribution is 2.32. The number of anilines is 1. The van der Waals surface area contributed by atoms with Gasteiger partial charge < -0.3 is 25.4 Å². The van der Waals surface area contributed by atoms with Crippen molar-refractivity contribution in [1.29, 1.82) is 0 Å². The number of aromatic nitrogens is 1. The minimum Gasteiger partial charge on any atom is -0.493 e. The number of piperidine rings is 1. The Kier molecular flexibility index (Phi) is 7.29. The van der Waals surface area contributed by atoms with E-state index in [1.807, 2.05) is 0 Å². The van der Waals surface area contributed by atoms with E-state index in [1.54, 1.807) is 6.07 Å². The van der Waals surface area contributed by atoms with Gasteiger partial charge in [-0.1, -0.05) is 0 Å². The maximum absolute atomic E-state index is 14.2. The molecule has 4 N–H and O–H groups in total. The fraction of sp³-hybridized carbons (Fsp3) is 0.500. The van der Waals surface area contributed by atoms with E-state index in [0.29, 0.717) is 42.4 Å². The van der Waals surface area contributed by atoms with Crippen LogP contribution in [-0.2, 0) is 13.0 Å². The van der Waals surface area contributed by atoms with Gasteiger partial charge in [0.25, 0.3) is 5.91 Å². The number of halogens is 1. The summed E-state index contributed by atoms with van der Waals surface area (Å²) in [5.74, 6) is -0.0297. The van der Waals surface area contributed by atoms with Crippen LogP contribution < -0.4 is 25.8 Å². The van der Waals surface area contributed by atoms with Gasteiger partial charge >= 0.3 is 6.03 Å². The van der Waals surface area contributed by atoms with Crippen molar-refractivity contribution in [3.8, 4) is 11.6 Å². The monoisotopic (exact) mass is 477 g/mol. The largest absolute Gasteiger partial charge is 0.493 e. The second kappa shape index (κ2) is 10.3. The van der Waals surface area contributed by atoms with Gasteiger partial charge in [-0.3, -0.25) is 10.1 Å². The number of fused-ring (bicyclic) bond motifs is 1. The van der Waals surface area contributed by atoms with E-state index in [-0.39, 0.29) is 28.9 Å². The van der Waals surface area contributed by atoms with Crippen LogP contribution in [0, 0.1) is 11.7 Å². The number of rotatable bonds is 8. The van der Waals surface area contributed by atoms with Crippen molar-refractivity contribution in [1.82, 2.24) is 14.6 Å². The van der Waals surface area contributed by atoms with Crippen LogP contribution in [0.15, 0.2) is 12.1 Å². The van der Waals surface area contributed by atoms with E-state index in [9.17, 15) is 14.0 Å². The molecule has 178 valence electrons. The van der Waals surface area contributed by atoms with Gasteiger partial charge in [-0.25, -0.2) is 9.18 Å². The summed E-state index contributed by atoms with van der Waals surface area (Å²) in [4.78, 5) is 26.6. The fourth-order valence-electron chi connectivity index (χ4n) is 4.10. The van der Waals surface area contributed by atoms with Gasteiger partial charge in [-0.2, -0.15) is 4.37 Å². The molecule has 2 aliphatic heterocycles. The zero-order valence-electron chi connectivity index (χ0n) is 18.5. The summed E-state index contributed by atoms with van der Waals surface area (Å²) in [6.45, 7) is 3.12. The molecule has 1 saturated heterocycles. The summed E-state index contributed by atoms with van der Waals surface area (Å²) in [6, 6.07) is 2.65. The molecule has 0 spiro atoms. The van der Waals surface area contributed by atoms with Crippen molar-refractivity contribution in [3.63, 3.8) is 0 Å². The second-order valence-corrected chi connectivity index (χ2v) is 9.19. The normalized spacial score (nSPS) is 16.2. The number of likely N-dealkylation sites (tertiary alicyclic amines) is 1. The molecular formula is C22H28FN5O4S. The summed E-state index contributed by atoms with van der Waals surface area (Å²) in [6.07, 6.45) is 3.69. The topological polar surface area (TPSA) is 119 Å². The summed E-state index contributed by atoms with van der Waals surface area (Å²) < 4.78 is 29.3. The highest BCUT2D eigenvalue weighted by atomic mass is 32.1. The van der Waals surface area contributed by atoms with E-state index >= 15 is 0 Å². The van der Waals surface area contributed by atoms with Crippen molar-refractivity contribution in [2.75, 3.05) is 38.6 Å². The maximum Gasteiger partial charge on any atom is 0.319 e. The lowest BCUT2D eigenvalue weighted by atomic mass is 9.94. The molecule has 1 aromatic heterocycles. The summed E-state index contributed by atoms with van der Waals surface area (Å²) in [5, 5.41) is 5.66. The van der Waals surface area contributed by atoms with Gasteiger partial charge in [0.1, 0.15) is 28.7 Å². The highest BCUT2D eigenvalue weighted by Gasteiger charge is 2.23. The van der Waals surface area contributed by atoms with Crippen LogP contribution in [0.4, 0.5) is 14.2 Å². The first kappa shape index (κ1) is 23.2. The first-order chi connectivity index (χ1) is 15.9. The molecule has 11 heteroatoms. The molecule has 9 nitrogen and oxygen atoms in total. The number of benzene rings is 1. The van der Waals surface area contributed by atoms with E-state index in [0.717, 1.165) is 43.9 Å². The molecule has 0 radical (unpaired) electrons. The van der Waals surface area contributed by atoms with Crippen LogP contribution in [0.5, 0.6) is 11.6 Å².